The molecular weight excluding hydrogens is 228 g/mol. The third-order valence-corrected chi connectivity index (χ3v) is 2.19. The van der Waals surface area contributed by atoms with Gasteiger partial charge in [0.25, 0.3) is 0 Å². The van der Waals surface area contributed by atoms with Crippen LogP contribution in [0.15, 0.2) is 24.5 Å². The van der Waals surface area contributed by atoms with Crippen molar-refractivity contribution < 1.29 is 10.2 Å². The lowest BCUT2D eigenvalue weighted by Crippen LogP contribution is -2.11. The molecular formula is C9H8N4O2S. The second-order valence-electron chi connectivity index (χ2n) is 2.99. The van der Waals surface area contributed by atoms with Gasteiger partial charge in [0, 0.05) is 6.07 Å². The molecule has 2 rings (SSSR count). The molecule has 6 nitrogen and oxygen atoms in total. The minimum atomic E-state index is -0.1000. The van der Waals surface area contributed by atoms with Crippen LogP contribution in [0.1, 0.15) is 5.56 Å². The Morgan fingerprint density at radius 1 is 1.38 bits per heavy atom. The number of anilines is 1. The summed E-state index contributed by atoms with van der Waals surface area (Å²) in [5, 5.41) is 27.7. The van der Waals surface area contributed by atoms with E-state index >= 15 is 0 Å². The van der Waals surface area contributed by atoms with Gasteiger partial charge in [-0.2, -0.15) is 10.1 Å². The highest BCUT2D eigenvalue weighted by Gasteiger charge is 2.09. The number of nitrogens with one attached hydrogen (secondary N) is 2. The Kier molecular flexibility index (Phi) is 2.69. The standard InChI is InChI=1S/C9H8N4O2S/c14-5-1-2-6(7(15)3-5)8(16)12-9-10-4-11-13-9/h1-4,14-15H,(H2,10,11,12,13,16). The van der Waals surface area contributed by atoms with Crippen molar-refractivity contribution in [3.8, 4) is 11.5 Å². The van der Waals surface area contributed by atoms with Gasteiger partial charge in [-0.05, 0) is 12.1 Å². The Labute approximate surface area is 96.0 Å². The zero-order chi connectivity index (χ0) is 11.5. The summed E-state index contributed by atoms with van der Waals surface area (Å²) in [6.07, 6.45) is 1.33. The maximum atomic E-state index is 9.56. The highest BCUT2D eigenvalue weighted by Crippen LogP contribution is 2.23. The van der Waals surface area contributed by atoms with Gasteiger partial charge in [-0.1, -0.05) is 12.2 Å². The average Bonchev–Trinajstić information content (AvgIpc) is 2.70. The van der Waals surface area contributed by atoms with E-state index in [9.17, 15) is 5.11 Å². The predicted molar refractivity (Wildman–Crippen MR) is 61.5 cm³/mol. The first kappa shape index (κ1) is 10.4. The maximum Gasteiger partial charge on any atom is 0.223 e. The number of aromatic nitrogens is 3. The number of hydrogen-bond acceptors (Lipinski definition) is 5. The molecule has 0 saturated carbocycles. The predicted octanol–water partition coefficient (Wildman–Crippen LogP) is 1.00. The summed E-state index contributed by atoms with van der Waals surface area (Å²) in [5.74, 6) is 0.262. The average molecular weight is 236 g/mol. The van der Waals surface area contributed by atoms with E-state index in [0.29, 0.717) is 11.5 Å². The molecule has 0 aliphatic carbocycles. The van der Waals surface area contributed by atoms with Crippen molar-refractivity contribution in [1.82, 2.24) is 15.2 Å². The van der Waals surface area contributed by atoms with Crippen molar-refractivity contribution in [2.24, 2.45) is 0 Å². The summed E-state index contributed by atoms with van der Waals surface area (Å²) in [7, 11) is 0. The first-order chi connectivity index (χ1) is 7.66. The van der Waals surface area contributed by atoms with Gasteiger partial charge < -0.3 is 15.5 Å². The first-order valence-electron chi connectivity index (χ1n) is 4.35. The minimum Gasteiger partial charge on any atom is -0.508 e. The molecule has 0 amide bonds. The SMILES string of the molecule is Oc1ccc(C(=S)Nc2ncn[nH]2)c(O)c1. The van der Waals surface area contributed by atoms with Crippen LogP contribution in [-0.2, 0) is 0 Å². The Bertz CT molecular complexity index is 512. The van der Waals surface area contributed by atoms with Gasteiger partial charge >= 0.3 is 0 Å². The number of hydrogen-bond donors (Lipinski definition) is 4. The smallest absolute Gasteiger partial charge is 0.223 e. The molecule has 0 spiro atoms. The number of benzene rings is 1. The number of nitrogens with zero attached hydrogens (tertiary/aromatic N) is 2. The zero-order valence-electron chi connectivity index (χ0n) is 8.01. The molecule has 2 aromatic rings. The van der Waals surface area contributed by atoms with Gasteiger partial charge in [0.2, 0.25) is 5.95 Å². The van der Waals surface area contributed by atoms with Crippen molar-refractivity contribution in [2.75, 3.05) is 5.32 Å². The molecule has 0 bridgehead atoms. The maximum absolute atomic E-state index is 9.56. The van der Waals surface area contributed by atoms with Crippen molar-refractivity contribution >= 4 is 23.2 Å². The number of aromatic hydroxyl groups is 2. The van der Waals surface area contributed by atoms with Crippen LogP contribution < -0.4 is 5.32 Å². The summed E-state index contributed by atoms with van der Waals surface area (Å²) in [4.78, 5) is 4.12. The van der Waals surface area contributed by atoms with E-state index in [1.54, 1.807) is 0 Å². The van der Waals surface area contributed by atoms with E-state index in [2.05, 4.69) is 20.5 Å². The fourth-order valence-corrected chi connectivity index (χ4v) is 1.42. The molecule has 0 radical (unpaired) electrons. The second-order valence-corrected chi connectivity index (χ2v) is 3.40. The number of H-pyrrole nitrogens is 1. The lowest BCUT2D eigenvalue weighted by molar-refractivity contribution is 0.450. The van der Waals surface area contributed by atoms with Crippen LogP contribution in [0.2, 0.25) is 0 Å². The van der Waals surface area contributed by atoms with Gasteiger partial charge in [-0.3, -0.25) is 0 Å². The van der Waals surface area contributed by atoms with Crippen LogP contribution in [0, 0.1) is 0 Å². The molecule has 7 heteroatoms. The van der Waals surface area contributed by atoms with Crippen molar-refractivity contribution in [1.29, 1.82) is 0 Å². The molecule has 0 atom stereocenters. The van der Waals surface area contributed by atoms with E-state index in [4.69, 9.17) is 17.3 Å². The lowest BCUT2D eigenvalue weighted by atomic mass is 10.2. The van der Waals surface area contributed by atoms with E-state index in [0.717, 1.165) is 0 Å². The van der Waals surface area contributed by atoms with E-state index in [1.807, 2.05) is 0 Å². The van der Waals surface area contributed by atoms with Crippen LogP contribution in [0.25, 0.3) is 0 Å². The highest BCUT2D eigenvalue weighted by atomic mass is 32.1. The Hall–Kier alpha value is -2.15. The summed E-state index contributed by atoms with van der Waals surface area (Å²) in [6, 6.07) is 4.16. The number of rotatable bonds is 2. The normalized spacial score (nSPS) is 10.0. The summed E-state index contributed by atoms with van der Waals surface area (Å²) in [5.41, 5.74) is 0.407. The van der Waals surface area contributed by atoms with Crippen LogP contribution in [0.5, 0.6) is 11.5 Å². The van der Waals surface area contributed by atoms with Crippen LogP contribution >= 0.6 is 12.2 Å². The third-order valence-electron chi connectivity index (χ3n) is 1.87. The van der Waals surface area contributed by atoms with Crippen LogP contribution in [-0.4, -0.2) is 30.4 Å². The lowest BCUT2D eigenvalue weighted by Gasteiger charge is -2.06. The summed E-state index contributed by atoms with van der Waals surface area (Å²) >= 11 is 5.06. The van der Waals surface area contributed by atoms with E-state index in [1.165, 1.54) is 24.5 Å². The number of thiocarbonyl (C=S) groups is 1. The van der Waals surface area contributed by atoms with Crippen molar-refractivity contribution in [3.63, 3.8) is 0 Å². The zero-order valence-corrected chi connectivity index (χ0v) is 8.82. The van der Waals surface area contributed by atoms with Gasteiger partial charge in [-0.25, -0.2) is 5.10 Å². The Balaban J connectivity index is 2.21. The molecule has 0 saturated heterocycles. The highest BCUT2D eigenvalue weighted by molar-refractivity contribution is 7.81. The van der Waals surface area contributed by atoms with Crippen LogP contribution in [0.3, 0.4) is 0 Å². The Morgan fingerprint density at radius 2 is 2.19 bits per heavy atom. The summed E-state index contributed by atoms with van der Waals surface area (Å²) < 4.78 is 0. The molecule has 4 N–H and O–H groups in total. The number of phenols is 2. The Morgan fingerprint density at radius 3 is 2.81 bits per heavy atom. The quantitative estimate of drug-likeness (QED) is 0.581. The largest absolute Gasteiger partial charge is 0.508 e. The topological polar surface area (TPSA) is 94.1 Å². The monoisotopic (exact) mass is 236 g/mol. The first-order valence-corrected chi connectivity index (χ1v) is 4.76. The van der Waals surface area contributed by atoms with Crippen molar-refractivity contribution in [2.45, 2.75) is 0 Å². The second kappa shape index (κ2) is 4.15. The summed E-state index contributed by atoms with van der Waals surface area (Å²) in [6.45, 7) is 0. The minimum absolute atomic E-state index is 0.0243. The number of phenolic OH excluding ortho intramolecular Hbond substituents is 2. The van der Waals surface area contributed by atoms with Gasteiger partial charge in [-0.15, -0.1) is 0 Å². The molecule has 82 valence electrons. The van der Waals surface area contributed by atoms with Crippen LogP contribution in [0.4, 0.5) is 5.95 Å². The molecule has 1 aromatic heterocycles. The molecule has 0 unspecified atom stereocenters. The number of aromatic amines is 1. The molecule has 0 aliphatic heterocycles. The molecule has 1 heterocycles. The van der Waals surface area contributed by atoms with E-state index in [-0.39, 0.29) is 16.5 Å². The molecule has 0 fully saturated rings. The third kappa shape index (κ3) is 2.09. The van der Waals surface area contributed by atoms with E-state index < -0.39 is 0 Å². The van der Waals surface area contributed by atoms with Crippen molar-refractivity contribution in [3.05, 3.63) is 30.1 Å². The van der Waals surface area contributed by atoms with Gasteiger partial charge in [0.1, 0.15) is 22.8 Å². The fraction of sp³-hybridized carbons (Fsp3) is 0. The molecule has 16 heavy (non-hydrogen) atoms. The molecule has 0 aliphatic rings. The van der Waals surface area contributed by atoms with Gasteiger partial charge in [0.05, 0.1) is 5.56 Å². The molecule has 1 aromatic carbocycles. The fourth-order valence-electron chi connectivity index (χ4n) is 1.15. The van der Waals surface area contributed by atoms with Gasteiger partial charge in [0.15, 0.2) is 0 Å².